The molecule has 0 radical (unpaired) electrons. The highest BCUT2D eigenvalue weighted by Crippen LogP contribution is 2.39. The van der Waals surface area contributed by atoms with Crippen LogP contribution in [-0.4, -0.2) is 39.6 Å². The lowest BCUT2D eigenvalue weighted by atomic mass is 9.98. The van der Waals surface area contributed by atoms with E-state index in [4.69, 9.17) is 21.4 Å². The third kappa shape index (κ3) is 5.89. The molecule has 0 aromatic heterocycles. The van der Waals surface area contributed by atoms with Crippen molar-refractivity contribution in [3.05, 3.63) is 94.8 Å². The molecule has 5 rings (SSSR count). The summed E-state index contributed by atoms with van der Waals surface area (Å²) in [6.07, 6.45) is 0.483. The molecule has 0 aliphatic carbocycles. The van der Waals surface area contributed by atoms with E-state index in [2.05, 4.69) is 10.3 Å². The molecular formula is C28H24ClFN4O3S. The molecule has 0 bridgehead atoms. The van der Waals surface area contributed by atoms with Crippen LogP contribution in [0.15, 0.2) is 82.9 Å². The summed E-state index contributed by atoms with van der Waals surface area (Å²) in [6.45, 7) is 2.45. The maximum Gasteiger partial charge on any atom is 0.262 e. The standard InChI is InChI=1S/C28H24ClFN4O3S/c1-2-37-22-12-10-21(11-13-22)31-26(35)16-25-27(36)32-28(38-25)34-24(18-4-3-5-19(29)14-18)15-23(33-34)17-6-8-20(30)9-7-17/h3-14,24-25H,2,15-16H2,1H3,(H,31,35)/t24-,25-/m1/s1. The van der Waals surface area contributed by atoms with Crippen molar-refractivity contribution in [2.24, 2.45) is 10.1 Å². The minimum Gasteiger partial charge on any atom is -0.494 e. The highest BCUT2D eigenvalue weighted by molar-refractivity contribution is 8.15. The van der Waals surface area contributed by atoms with Gasteiger partial charge in [0.1, 0.15) is 16.8 Å². The second-order valence-corrected chi connectivity index (χ2v) is 10.3. The van der Waals surface area contributed by atoms with Crippen molar-refractivity contribution < 1.29 is 18.7 Å². The fourth-order valence-electron chi connectivity index (χ4n) is 4.26. The molecule has 0 saturated carbocycles. The molecule has 3 aromatic carbocycles. The number of hydrazone groups is 1. The summed E-state index contributed by atoms with van der Waals surface area (Å²) in [4.78, 5) is 29.7. The molecule has 2 heterocycles. The molecule has 2 aliphatic rings. The van der Waals surface area contributed by atoms with Gasteiger partial charge in [0.25, 0.3) is 5.91 Å². The Balaban J connectivity index is 1.31. The van der Waals surface area contributed by atoms with Gasteiger partial charge in [-0.1, -0.05) is 47.6 Å². The number of halogens is 2. The number of nitrogens with zero attached hydrogens (tertiary/aromatic N) is 3. The molecule has 3 aromatic rings. The third-order valence-electron chi connectivity index (χ3n) is 6.07. The number of ether oxygens (including phenoxy) is 1. The summed E-state index contributed by atoms with van der Waals surface area (Å²) in [5, 5.41) is 9.62. The van der Waals surface area contributed by atoms with E-state index in [0.717, 1.165) is 16.8 Å². The Morgan fingerprint density at radius 2 is 1.92 bits per heavy atom. The van der Waals surface area contributed by atoms with Crippen molar-refractivity contribution in [1.29, 1.82) is 0 Å². The van der Waals surface area contributed by atoms with Crippen molar-refractivity contribution >= 4 is 51.7 Å². The van der Waals surface area contributed by atoms with Gasteiger partial charge in [-0.2, -0.15) is 10.1 Å². The van der Waals surface area contributed by atoms with E-state index >= 15 is 0 Å². The van der Waals surface area contributed by atoms with Gasteiger partial charge >= 0.3 is 0 Å². The number of carbonyl (C=O) groups excluding carboxylic acids is 2. The number of amides is 2. The minimum absolute atomic E-state index is 0.0338. The van der Waals surface area contributed by atoms with Crippen molar-refractivity contribution in [2.45, 2.75) is 31.1 Å². The fourth-order valence-corrected chi connectivity index (χ4v) is 5.52. The quantitative estimate of drug-likeness (QED) is 0.387. The lowest BCUT2D eigenvalue weighted by Crippen LogP contribution is -2.25. The molecule has 0 saturated heterocycles. The zero-order valence-electron chi connectivity index (χ0n) is 20.4. The lowest BCUT2D eigenvalue weighted by molar-refractivity contribution is -0.121. The summed E-state index contributed by atoms with van der Waals surface area (Å²) >= 11 is 7.47. The second-order valence-electron chi connectivity index (χ2n) is 8.72. The van der Waals surface area contributed by atoms with Gasteiger partial charge in [-0.15, -0.1) is 0 Å². The summed E-state index contributed by atoms with van der Waals surface area (Å²) in [7, 11) is 0. The Bertz CT molecular complexity index is 1410. The van der Waals surface area contributed by atoms with Crippen molar-refractivity contribution in [3.8, 4) is 5.75 Å². The van der Waals surface area contributed by atoms with E-state index in [-0.39, 0.29) is 30.1 Å². The number of hydrogen-bond acceptors (Lipinski definition) is 6. The van der Waals surface area contributed by atoms with E-state index in [0.29, 0.717) is 34.7 Å². The maximum absolute atomic E-state index is 13.5. The first-order valence-corrected chi connectivity index (χ1v) is 13.4. The van der Waals surface area contributed by atoms with Gasteiger partial charge in [-0.3, -0.25) is 9.59 Å². The van der Waals surface area contributed by atoms with Crippen molar-refractivity contribution in [2.75, 3.05) is 11.9 Å². The zero-order valence-corrected chi connectivity index (χ0v) is 22.0. The normalized spacial score (nSPS) is 18.8. The van der Waals surface area contributed by atoms with E-state index in [1.807, 2.05) is 25.1 Å². The van der Waals surface area contributed by atoms with E-state index in [9.17, 15) is 14.0 Å². The molecule has 10 heteroatoms. The highest BCUT2D eigenvalue weighted by Gasteiger charge is 2.39. The number of benzene rings is 3. The number of aliphatic imine (C=N–C) groups is 1. The van der Waals surface area contributed by atoms with Crippen molar-refractivity contribution in [1.82, 2.24) is 5.01 Å². The van der Waals surface area contributed by atoms with Crippen LogP contribution in [0, 0.1) is 5.82 Å². The van der Waals surface area contributed by atoms with Crippen LogP contribution in [0.25, 0.3) is 0 Å². The average molecular weight is 551 g/mol. The number of hydrogen-bond donors (Lipinski definition) is 1. The van der Waals surface area contributed by atoms with Crippen LogP contribution >= 0.6 is 23.4 Å². The van der Waals surface area contributed by atoms with Crippen molar-refractivity contribution in [3.63, 3.8) is 0 Å². The first-order valence-electron chi connectivity index (χ1n) is 12.1. The van der Waals surface area contributed by atoms with Gasteiger partial charge in [-0.05, 0) is 66.6 Å². The molecule has 0 unspecified atom stereocenters. The molecule has 0 fully saturated rings. The van der Waals surface area contributed by atoms with Crippen LogP contribution in [0.4, 0.5) is 10.1 Å². The van der Waals surface area contributed by atoms with Gasteiger partial charge in [0.15, 0.2) is 5.17 Å². The summed E-state index contributed by atoms with van der Waals surface area (Å²) < 4.78 is 18.9. The Morgan fingerprint density at radius 1 is 1.16 bits per heavy atom. The Hall–Kier alpha value is -3.69. The fraction of sp³-hybridized carbons (Fsp3) is 0.214. The molecule has 7 nitrogen and oxygen atoms in total. The summed E-state index contributed by atoms with van der Waals surface area (Å²) in [5.74, 6) is -0.296. The summed E-state index contributed by atoms with van der Waals surface area (Å²) in [6, 6.07) is 20.4. The SMILES string of the molecule is CCOc1ccc(NC(=O)C[C@H]2SC(N3N=C(c4ccc(F)cc4)C[C@@H]3c3cccc(Cl)c3)=NC2=O)cc1. The molecule has 2 atom stereocenters. The Labute approximate surface area is 228 Å². The highest BCUT2D eigenvalue weighted by atomic mass is 35.5. The number of nitrogens with one attached hydrogen (secondary N) is 1. The first-order chi connectivity index (χ1) is 18.4. The second kappa shape index (κ2) is 11.4. The van der Waals surface area contributed by atoms with Gasteiger partial charge < -0.3 is 10.1 Å². The number of rotatable bonds is 7. The Kier molecular flexibility index (Phi) is 7.76. The van der Waals surface area contributed by atoms with Crippen LogP contribution in [0.2, 0.25) is 5.02 Å². The van der Waals surface area contributed by atoms with Crippen LogP contribution in [0.5, 0.6) is 5.75 Å². The van der Waals surface area contributed by atoms with Gasteiger partial charge in [0.05, 0.1) is 18.4 Å². The van der Waals surface area contributed by atoms with E-state index in [1.165, 1.54) is 23.9 Å². The number of amidine groups is 1. The van der Waals surface area contributed by atoms with Gasteiger partial charge in [0, 0.05) is 23.6 Å². The topological polar surface area (TPSA) is 83.4 Å². The van der Waals surface area contributed by atoms with Gasteiger partial charge in [0.2, 0.25) is 5.91 Å². The van der Waals surface area contributed by atoms with Gasteiger partial charge in [-0.25, -0.2) is 9.40 Å². The first kappa shape index (κ1) is 25.9. The van der Waals surface area contributed by atoms with Crippen LogP contribution in [0.1, 0.15) is 36.9 Å². The smallest absolute Gasteiger partial charge is 0.262 e. The molecule has 194 valence electrons. The minimum atomic E-state index is -0.669. The van der Waals surface area contributed by atoms with Crippen LogP contribution < -0.4 is 10.1 Å². The predicted molar refractivity (Wildman–Crippen MR) is 148 cm³/mol. The largest absolute Gasteiger partial charge is 0.494 e. The average Bonchev–Trinajstić information content (AvgIpc) is 3.50. The third-order valence-corrected chi connectivity index (χ3v) is 7.44. The van der Waals surface area contributed by atoms with E-state index < -0.39 is 5.25 Å². The maximum atomic E-state index is 13.5. The summed E-state index contributed by atoms with van der Waals surface area (Å²) in [5.41, 5.74) is 3.04. The number of thioether (sulfide) groups is 1. The molecule has 2 aliphatic heterocycles. The molecule has 0 spiro atoms. The van der Waals surface area contributed by atoms with Crippen LogP contribution in [0.3, 0.4) is 0 Å². The molecular weight excluding hydrogens is 527 g/mol. The monoisotopic (exact) mass is 550 g/mol. The molecule has 1 N–H and O–H groups in total. The van der Waals surface area contributed by atoms with Crippen LogP contribution in [-0.2, 0) is 9.59 Å². The number of carbonyl (C=O) groups is 2. The number of anilines is 1. The zero-order chi connectivity index (χ0) is 26.6. The molecule has 2 amide bonds. The Morgan fingerprint density at radius 3 is 2.63 bits per heavy atom. The predicted octanol–water partition coefficient (Wildman–Crippen LogP) is 6.06. The lowest BCUT2D eigenvalue weighted by Gasteiger charge is -2.23. The van der Waals surface area contributed by atoms with E-state index in [1.54, 1.807) is 47.5 Å². The molecule has 38 heavy (non-hydrogen) atoms.